The van der Waals surface area contributed by atoms with Crippen LogP contribution in [0.4, 0.5) is 0 Å². The largest absolute Gasteiger partial charge is 0.393 e. The van der Waals surface area contributed by atoms with E-state index in [0.29, 0.717) is 19.6 Å². The van der Waals surface area contributed by atoms with Crippen LogP contribution in [-0.4, -0.2) is 22.9 Å². The first-order chi connectivity index (χ1) is 10.7. The lowest BCUT2D eigenvalue weighted by Crippen LogP contribution is -2.24. The lowest BCUT2D eigenvalue weighted by molar-refractivity contribution is 0.00244. The Morgan fingerprint density at radius 2 is 1.50 bits per heavy atom. The van der Waals surface area contributed by atoms with Crippen molar-refractivity contribution < 1.29 is 14.9 Å². The molecule has 0 aliphatic carbocycles. The van der Waals surface area contributed by atoms with Gasteiger partial charge in [0.15, 0.2) is 0 Å². The Bertz CT molecular complexity index is 527. The summed E-state index contributed by atoms with van der Waals surface area (Å²) in [5.41, 5.74) is 1.95. The molecule has 118 valence electrons. The van der Waals surface area contributed by atoms with E-state index in [9.17, 15) is 10.2 Å². The molecule has 0 fully saturated rings. The average Bonchev–Trinajstić information content (AvgIpc) is 2.56. The molecule has 3 nitrogen and oxygen atoms in total. The maximum atomic E-state index is 10.2. The molecule has 0 heterocycles. The molecule has 0 saturated heterocycles. The monoisotopic (exact) mass is 300 g/mol. The van der Waals surface area contributed by atoms with Crippen molar-refractivity contribution in [3.05, 3.63) is 71.8 Å². The van der Waals surface area contributed by atoms with Crippen molar-refractivity contribution in [3.8, 4) is 0 Å². The van der Waals surface area contributed by atoms with E-state index in [2.05, 4.69) is 0 Å². The molecular formula is C19H24O3. The first-order valence-electron chi connectivity index (χ1n) is 7.69. The van der Waals surface area contributed by atoms with Gasteiger partial charge in [-0.25, -0.2) is 0 Å². The van der Waals surface area contributed by atoms with Gasteiger partial charge >= 0.3 is 0 Å². The molecule has 0 aromatic heterocycles. The minimum absolute atomic E-state index is 0.0259. The van der Waals surface area contributed by atoms with Gasteiger partial charge in [0.1, 0.15) is 0 Å². The second-order valence-corrected chi connectivity index (χ2v) is 5.71. The van der Waals surface area contributed by atoms with E-state index < -0.39 is 12.2 Å². The quantitative estimate of drug-likeness (QED) is 0.786. The Kier molecular flexibility index (Phi) is 6.59. The van der Waals surface area contributed by atoms with Gasteiger partial charge in [-0.15, -0.1) is 0 Å². The van der Waals surface area contributed by atoms with Crippen LogP contribution in [0, 0.1) is 5.92 Å². The van der Waals surface area contributed by atoms with Crippen molar-refractivity contribution in [2.75, 3.05) is 6.61 Å². The van der Waals surface area contributed by atoms with E-state index >= 15 is 0 Å². The highest BCUT2D eigenvalue weighted by atomic mass is 16.5. The third-order valence-corrected chi connectivity index (χ3v) is 3.80. The summed E-state index contributed by atoms with van der Waals surface area (Å²) in [5.74, 6) is -0.0259. The summed E-state index contributed by atoms with van der Waals surface area (Å²) >= 11 is 0. The van der Waals surface area contributed by atoms with Crippen LogP contribution >= 0.6 is 0 Å². The minimum Gasteiger partial charge on any atom is -0.393 e. The predicted octanol–water partition coefficient (Wildman–Crippen LogP) is 3.32. The van der Waals surface area contributed by atoms with Gasteiger partial charge in [0, 0.05) is 12.3 Å². The molecule has 0 unspecified atom stereocenters. The molecule has 3 heteroatoms. The summed E-state index contributed by atoms with van der Waals surface area (Å²) in [5, 5.41) is 20.3. The number of rotatable bonds is 8. The number of hydrogen-bond donors (Lipinski definition) is 2. The fraction of sp³-hybridized carbons (Fsp3) is 0.368. The molecule has 3 atom stereocenters. The van der Waals surface area contributed by atoms with Crippen LogP contribution < -0.4 is 0 Å². The first-order valence-corrected chi connectivity index (χ1v) is 7.69. The molecule has 0 radical (unpaired) electrons. The van der Waals surface area contributed by atoms with Gasteiger partial charge in [-0.2, -0.15) is 0 Å². The van der Waals surface area contributed by atoms with Crippen molar-refractivity contribution in [1.82, 2.24) is 0 Å². The van der Waals surface area contributed by atoms with Crippen LogP contribution in [0.1, 0.15) is 30.6 Å². The van der Waals surface area contributed by atoms with Crippen LogP contribution in [0.15, 0.2) is 60.7 Å². The second-order valence-electron chi connectivity index (χ2n) is 5.71. The molecule has 2 N–H and O–H groups in total. The normalized spacial score (nSPS) is 15.2. The van der Waals surface area contributed by atoms with Gasteiger partial charge in [0.05, 0.1) is 25.4 Å². The van der Waals surface area contributed by atoms with E-state index in [0.717, 1.165) is 11.1 Å². The second kappa shape index (κ2) is 8.69. The summed E-state index contributed by atoms with van der Waals surface area (Å²) in [6, 6.07) is 19.4. The van der Waals surface area contributed by atoms with Crippen molar-refractivity contribution in [1.29, 1.82) is 0 Å². The van der Waals surface area contributed by atoms with E-state index in [4.69, 9.17) is 4.74 Å². The number of ether oxygens (including phenoxy) is 1. The van der Waals surface area contributed by atoms with Crippen molar-refractivity contribution >= 4 is 0 Å². The van der Waals surface area contributed by atoms with Gasteiger partial charge in [0.25, 0.3) is 0 Å². The summed E-state index contributed by atoms with van der Waals surface area (Å²) < 4.78 is 5.65. The Morgan fingerprint density at radius 3 is 2.14 bits per heavy atom. The third-order valence-electron chi connectivity index (χ3n) is 3.80. The highest BCUT2D eigenvalue weighted by Crippen LogP contribution is 2.21. The molecule has 2 aromatic carbocycles. The smallest absolute Gasteiger partial charge is 0.0814 e. The lowest BCUT2D eigenvalue weighted by atomic mass is 9.96. The number of benzene rings is 2. The maximum Gasteiger partial charge on any atom is 0.0814 e. The standard InChI is InChI=1S/C19H24O3/c1-15(13-22-14-16-8-4-2-5-9-16)18(20)12-19(21)17-10-6-3-7-11-17/h2-11,15,18-21H,12-14H2,1H3/t15-,18-,19+/m0/s1. The van der Waals surface area contributed by atoms with E-state index in [1.807, 2.05) is 67.6 Å². The van der Waals surface area contributed by atoms with Crippen LogP contribution in [0.25, 0.3) is 0 Å². The zero-order valence-electron chi connectivity index (χ0n) is 12.9. The molecule has 0 amide bonds. The summed E-state index contributed by atoms with van der Waals surface area (Å²) in [6.45, 7) is 2.95. The van der Waals surface area contributed by atoms with Crippen molar-refractivity contribution in [3.63, 3.8) is 0 Å². The minimum atomic E-state index is -0.646. The van der Waals surface area contributed by atoms with Gasteiger partial charge < -0.3 is 14.9 Å². The van der Waals surface area contributed by atoms with Crippen molar-refractivity contribution in [2.24, 2.45) is 5.92 Å². The van der Waals surface area contributed by atoms with Gasteiger partial charge in [0.2, 0.25) is 0 Å². The molecule has 2 aromatic rings. The third kappa shape index (κ3) is 5.26. The molecule has 0 aliphatic heterocycles. The molecule has 0 aliphatic rings. The number of aliphatic hydroxyl groups is 2. The Balaban J connectivity index is 1.73. The lowest BCUT2D eigenvalue weighted by Gasteiger charge is -2.21. The fourth-order valence-electron chi connectivity index (χ4n) is 2.32. The van der Waals surface area contributed by atoms with Crippen LogP contribution in [0.5, 0.6) is 0 Å². The van der Waals surface area contributed by atoms with E-state index in [1.54, 1.807) is 0 Å². The molecule has 2 rings (SSSR count). The molecule has 0 saturated carbocycles. The molecule has 0 bridgehead atoms. The Labute approximate surface area is 132 Å². The highest BCUT2D eigenvalue weighted by molar-refractivity contribution is 5.17. The molecular weight excluding hydrogens is 276 g/mol. The fourth-order valence-corrected chi connectivity index (χ4v) is 2.32. The Hall–Kier alpha value is -1.68. The zero-order valence-corrected chi connectivity index (χ0v) is 12.9. The van der Waals surface area contributed by atoms with Crippen LogP contribution in [0.2, 0.25) is 0 Å². The van der Waals surface area contributed by atoms with Crippen LogP contribution in [-0.2, 0) is 11.3 Å². The van der Waals surface area contributed by atoms with Gasteiger partial charge in [-0.3, -0.25) is 0 Å². The maximum absolute atomic E-state index is 10.2. The zero-order chi connectivity index (χ0) is 15.8. The summed E-state index contributed by atoms with van der Waals surface area (Å²) in [7, 11) is 0. The van der Waals surface area contributed by atoms with Gasteiger partial charge in [-0.05, 0) is 11.1 Å². The highest BCUT2D eigenvalue weighted by Gasteiger charge is 2.19. The van der Waals surface area contributed by atoms with Crippen molar-refractivity contribution in [2.45, 2.75) is 32.2 Å². The summed E-state index contributed by atoms with van der Waals surface area (Å²) in [6.07, 6.45) is -0.918. The van der Waals surface area contributed by atoms with E-state index in [1.165, 1.54) is 0 Å². The average molecular weight is 300 g/mol. The molecule has 22 heavy (non-hydrogen) atoms. The topological polar surface area (TPSA) is 49.7 Å². The number of aliphatic hydroxyl groups excluding tert-OH is 2. The predicted molar refractivity (Wildman–Crippen MR) is 87.3 cm³/mol. The Morgan fingerprint density at radius 1 is 0.909 bits per heavy atom. The van der Waals surface area contributed by atoms with E-state index in [-0.39, 0.29) is 5.92 Å². The first kappa shape index (κ1) is 16.7. The number of hydrogen-bond acceptors (Lipinski definition) is 3. The molecule has 0 spiro atoms. The summed E-state index contributed by atoms with van der Waals surface area (Å²) in [4.78, 5) is 0. The van der Waals surface area contributed by atoms with Crippen LogP contribution in [0.3, 0.4) is 0 Å². The SMILES string of the molecule is C[C@@H](COCc1ccccc1)[C@@H](O)C[C@@H](O)c1ccccc1. The van der Waals surface area contributed by atoms with Gasteiger partial charge in [-0.1, -0.05) is 67.6 Å².